The summed E-state index contributed by atoms with van der Waals surface area (Å²) in [5, 5.41) is 11.2. The third-order valence-corrected chi connectivity index (χ3v) is 3.26. The molecule has 0 unspecified atom stereocenters. The standard InChI is InChI=1S/C15H18N6O/c1-10(2)7-20-8-12(6-17-20)19-15(22)13-9-21-14(4-5-16-21)18-11(13)3/h4-6,8-10H,7H2,1-3H3,(H,19,22). The molecule has 1 amide bonds. The summed E-state index contributed by atoms with van der Waals surface area (Å²) in [6.07, 6.45) is 6.81. The van der Waals surface area contributed by atoms with Gasteiger partial charge in [-0.2, -0.15) is 10.2 Å². The zero-order valence-electron chi connectivity index (χ0n) is 12.8. The highest BCUT2D eigenvalue weighted by Gasteiger charge is 2.13. The number of hydrogen-bond donors (Lipinski definition) is 1. The van der Waals surface area contributed by atoms with Gasteiger partial charge in [0.25, 0.3) is 5.91 Å². The number of amides is 1. The first kappa shape index (κ1) is 14.2. The molecule has 0 radical (unpaired) electrons. The van der Waals surface area contributed by atoms with Gasteiger partial charge in [-0.1, -0.05) is 13.8 Å². The van der Waals surface area contributed by atoms with Crippen molar-refractivity contribution in [3.8, 4) is 0 Å². The van der Waals surface area contributed by atoms with E-state index in [1.54, 1.807) is 29.2 Å². The van der Waals surface area contributed by atoms with Crippen molar-refractivity contribution in [3.63, 3.8) is 0 Å². The van der Waals surface area contributed by atoms with Crippen LogP contribution >= 0.6 is 0 Å². The molecule has 7 heteroatoms. The molecule has 0 bridgehead atoms. The lowest BCUT2D eigenvalue weighted by atomic mass is 10.2. The van der Waals surface area contributed by atoms with E-state index >= 15 is 0 Å². The summed E-state index contributed by atoms with van der Waals surface area (Å²) in [5.41, 5.74) is 2.55. The number of hydrogen-bond acceptors (Lipinski definition) is 4. The van der Waals surface area contributed by atoms with Crippen LogP contribution in [0.15, 0.2) is 30.9 Å². The lowest BCUT2D eigenvalue weighted by Gasteiger charge is -2.06. The van der Waals surface area contributed by atoms with Gasteiger partial charge < -0.3 is 5.32 Å². The van der Waals surface area contributed by atoms with E-state index in [4.69, 9.17) is 0 Å². The van der Waals surface area contributed by atoms with E-state index in [9.17, 15) is 4.79 Å². The summed E-state index contributed by atoms with van der Waals surface area (Å²) >= 11 is 0. The molecule has 3 aromatic heterocycles. The Balaban J connectivity index is 1.80. The minimum Gasteiger partial charge on any atom is -0.319 e. The van der Waals surface area contributed by atoms with Crippen molar-refractivity contribution < 1.29 is 4.79 Å². The highest BCUT2D eigenvalue weighted by molar-refractivity contribution is 6.04. The monoisotopic (exact) mass is 298 g/mol. The lowest BCUT2D eigenvalue weighted by molar-refractivity contribution is 0.102. The van der Waals surface area contributed by atoms with Crippen molar-refractivity contribution in [2.45, 2.75) is 27.3 Å². The molecule has 114 valence electrons. The maximum Gasteiger partial charge on any atom is 0.259 e. The third kappa shape index (κ3) is 2.83. The summed E-state index contributed by atoms with van der Waals surface area (Å²) in [6, 6.07) is 1.80. The van der Waals surface area contributed by atoms with E-state index in [0.29, 0.717) is 22.9 Å². The fourth-order valence-corrected chi connectivity index (χ4v) is 2.27. The van der Waals surface area contributed by atoms with Gasteiger partial charge in [-0.3, -0.25) is 9.48 Å². The smallest absolute Gasteiger partial charge is 0.259 e. The Bertz CT molecular complexity index is 816. The lowest BCUT2D eigenvalue weighted by Crippen LogP contribution is -2.15. The minimum atomic E-state index is -0.216. The molecule has 0 aliphatic heterocycles. The molecular weight excluding hydrogens is 280 g/mol. The van der Waals surface area contributed by atoms with Gasteiger partial charge in [-0.15, -0.1) is 0 Å². The van der Waals surface area contributed by atoms with E-state index in [0.717, 1.165) is 12.2 Å². The Kier molecular flexibility index (Phi) is 3.62. The van der Waals surface area contributed by atoms with Gasteiger partial charge in [0.2, 0.25) is 0 Å². The summed E-state index contributed by atoms with van der Waals surface area (Å²) < 4.78 is 3.41. The van der Waals surface area contributed by atoms with Gasteiger partial charge in [0.1, 0.15) is 0 Å². The molecule has 3 heterocycles. The number of nitrogens with one attached hydrogen (secondary N) is 1. The number of anilines is 1. The van der Waals surface area contributed by atoms with E-state index < -0.39 is 0 Å². The van der Waals surface area contributed by atoms with Gasteiger partial charge in [0, 0.05) is 25.0 Å². The van der Waals surface area contributed by atoms with Crippen molar-refractivity contribution >= 4 is 17.2 Å². The predicted octanol–water partition coefficient (Wildman–Crippen LogP) is 2.14. The van der Waals surface area contributed by atoms with Crippen LogP contribution in [0.3, 0.4) is 0 Å². The number of rotatable bonds is 4. The molecule has 1 N–H and O–H groups in total. The highest BCUT2D eigenvalue weighted by atomic mass is 16.1. The zero-order valence-corrected chi connectivity index (χ0v) is 12.8. The molecule has 22 heavy (non-hydrogen) atoms. The van der Waals surface area contributed by atoms with E-state index in [2.05, 4.69) is 34.3 Å². The molecule has 0 spiro atoms. The minimum absolute atomic E-state index is 0.216. The first-order valence-corrected chi connectivity index (χ1v) is 7.17. The molecule has 0 saturated heterocycles. The van der Waals surface area contributed by atoms with Gasteiger partial charge in [0.05, 0.1) is 29.3 Å². The fraction of sp³-hybridized carbons (Fsp3) is 0.333. The number of fused-ring (bicyclic) bond motifs is 1. The Morgan fingerprint density at radius 1 is 1.32 bits per heavy atom. The number of carbonyl (C=O) groups excluding carboxylic acids is 1. The Labute approximate surface area is 128 Å². The third-order valence-electron chi connectivity index (χ3n) is 3.26. The molecule has 0 atom stereocenters. The number of aryl methyl sites for hydroxylation is 1. The fourth-order valence-electron chi connectivity index (χ4n) is 2.27. The first-order valence-electron chi connectivity index (χ1n) is 7.17. The van der Waals surface area contributed by atoms with Gasteiger partial charge in [-0.05, 0) is 12.8 Å². The maximum atomic E-state index is 12.4. The van der Waals surface area contributed by atoms with Crippen LogP contribution in [0.5, 0.6) is 0 Å². The second-order valence-corrected chi connectivity index (χ2v) is 5.67. The topological polar surface area (TPSA) is 77.1 Å². The molecule has 0 aliphatic carbocycles. The predicted molar refractivity (Wildman–Crippen MR) is 82.7 cm³/mol. The molecule has 0 saturated carbocycles. The normalized spacial score (nSPS) is 11.3. The Morgan fingerprint density at radius 2 is 2.14 bits per heavy atom. The van der Waals surface area contributed by atoms with Gasteiger partial charge in [-0.25, -0.2) is 9.50 Å². The zero-order chi connectivity index (χ0) is 15.7. The summed E-state index contributed by atoms with van der Waals surface area (Å²) in [5.74, 6) is 0.281. The molecular formula is C15H18N6O. The first-order chi connectivity index (χ1) is 10.5. The largest absolute Gasteiger partial charge is 0.319 e. The summed E-state index contributed by atoms with van der Waals surface area (Å²) in [6.45, 7) is 6.86. The van der Waals surface area contributed by atoms with Crippen LogP contribution in [0.1, 0.15) is 29.9 Å². The summed E-state index contributed by atoms with van der Waals surface area (Å²) in [7, 11) is 0. The van der Waals surface area contributed by atoms with Crippen molar-refractivity contribution in [2.24, 2.45) is 5.92 Å². The molecule has 0 aliphatic rings. The van der Waals surface area contributed by atoms with Crippen LogP contribution in [0.25, 0.3) is 5.65 Å². The van der Waals surface area contributed by atoms with Crippen LogP contribution in [0.2, 0.25) is 0 Å². The second kappa shape index (κ2) is 5.59. The van der Waals surface area contributed by atoms with E-state index in [1.165, 1.54) is 0 Å². The Morgan fingerprint density at radius 3 is 2.91 bits per heavy atom. The number of carbonyl (C=O) groups is 1. The van der Waals surface area contributed by atoms with Crippen LogP contribution in [0, 0.1) is 12.8 Å². The van der Waals surface area contributed by atoms with Crippen LogP contribution in [-0.2, 0) is 6.54 Å². The van der Waals surface area contributed by atoms with Crippen LogP contribution in [-0.4, -0.2) is 30.3 Å². The SMILES string of the molecule is Cc1nc2ccnn2cc1C(=O)Nc1cnn(CC(C)C)c1. The van der Waals surface area contributed by atoms with Crippen molar-refractivity contribution in [3.05, 3.63) is 42.1 Å². The van der Waals surface area contributed by atoms with Gasteiger partial charge >= 0.3 is 0 Å². The van der Waals surface area contributed by atoms with Crippen LogP contribution in [0.4, 0.5) is 5.69 Å². The van der Waals surface area contributed by atoms with Crippen molar-refractivity contribution in [1.82, 2.24) is 24.4 Å². The van der Waals surface area contributed by atoms with Crippen LogP contribution < -0.4 is 5.32 Å². The van der Waals surface area contributed by atoms with E-state index in [-0.39, 0.29) is 5.91 Å². The average Bonchev–Trinajstić information content (AvgIpc) is 3.05. The molecule has 3 rings (SSSR count). The highest BCUT2D eigenvalue weighted by Crippen LogP contribution is 2.12. The second-order valence-electron chi connectivity index (χ2n) is 5.67. The van der Waals surface area contributed by atoms with Crippen molar-refractivity contribution in [2.75, 3.05) is 5.32 Å². The number of aromatic nitrogens is 5. The van der Waals surface area contributed by atoms with Crippen molar-refractivity contribution in [1.29, 1.82) is 0 Å². The molecule has 0 fully saturated rings. The average molecular weight is 298 g/mol. The van der Waals surface area contributed by atoms with Gasteiger partial charge in [0.15, 0.2) is 5.65 Å². The number of nitrogens with zero attached hydrogens (tertiary/aromatic N) is 5. The summed E-state index contributed by atoms with van der Waals surface area (Å²) in [4.78, 5) is 16.8. The quantitative estimate of drug-likeness (QED) is 0.800. The Hall–Kier alpha value is -2.70. The maximum absolute atomic E-state index is 12.4. The molecule has 0 aromatic carbocycles. The van der Waals surface area contributed by atoms with E-state index in [1.807, 2.05) is 17.8 Å². The molecule has 7 nitrogen and oxygen atoms in total. The molecule has 3 aromatic rings.